The Balaban J connectivity index is 1.75. The number of hydrogen-bond donors (Lipinski definition) is 1. The van der Waals surface area contributed by atoms with E-state index >= 15 is 0 Å². The zero-order valence-corrected chi connectivity index (χ0v) is 28.5. The molecule has 0 aliphatic carbocycles. The maximum Gasteiger partial charge on any atom is 0.226 e. The van der Waals surface area contributed by atoms with E-state index in [4.69, 9.17) is 0 Å². The smallest absolute Gasteiger partial charge is 0.226 e. The Bertz CT molecular complexity index is 2070. The summed E-state index contributed by atoms with van der Waals surface area (Å²) in [6.07, 6.45) is 1.22. The molecule has 1 N–H and O–H groups in total. The molecular formula is C36H37F2N3O4S2. The van der Waals surface area contributed by atoms with Crippen molar-refractivity contribution in [3.05, 3.63) is 118 Å². The fraction of sp³-hybridized carbons (Fsp3) is 0.278. The minimum atomic E-state index is -4.08. The molecule has 5 aromatic rings. The Morgan fingerprint density at radius 3 is 2.13 bits per heavy atom. The molecule has 0 unspecified atom stereocenters. The number of halogens is 2. The molecule has 5 rings (SSSR count). The van der Waals surface area contributed by atoms with Crippen LogP contribution in [0.25, 0.3) is 20.7 Å². The molecule has 0 atom stereocenters. The summed E-state index contributed by atoms with van der Waals surface area (Å²) in [6.45, 7) is 7.10. The van der Waals surface area contributed by atoms with Crippen LogP contribution in [0.4, 0.5) is 14.5 Å². The van der Waals surface area contributed by atoms with Crippen LogP contribution in [0.1, 0.15) is 44.4 Å². The van der Waals surface area contributed by atoms with Gasteiger partial charge in [0.1, 0.15) is 21.4 Å². The molecule has 7 nitrogen and oxygen atoms in total. The highest BCUT2D eigenvalue weighted by Crippen LogP contribution is 2.40. The molecule has 0 spiro atoms. The second-order valence-electron chi connectivity index (χ2n) is 12.2. The summed E-state index contributed by atoms with van der Waals surface area (Å²) in [7, 11) is -2.17. The first-order chi connectivity index (χ1) is 22.3. The Labute approximate surface area is 277 Å². The zero-order valence-electron chi connectivity index (χ0n) is 26.9. The Morgan fingerprint density at radius 1 is 0.894 bits per heavy atom. The van der Waals surface area contributed by atoms with Crippen LogP contribution in [0.5, 0.6) is 0 Å². The lowest BCUT2D eigenvalue weighted by Crippen LogP contribution is -2.25. The highest BCUT2D eigenvalue weighted by Gasteiger charge is 2.29. The number of carbonyl (C=O) groups excluding carboxylic acids is 1. The number of anilines is 1. The second-order valence-corrected chi connectivity index (χ2v) is 15.7. The van der Waals surface area contributed by atoms with Crippen molar-refractivity contribution in [2.24, 2.45) is 5.92 Å². The van der Waals surface area contributed by atoms with Gasteiger partial charge < -0.3 is 9.88 Å². The molecule has 2 heterocycles. The Morgan fingerprint density at radius 2 is 1.53 bits per heavy atom. The van der Waals surface area contributed by atoms with Crippen molar-refractivity contribution < 1.29 is 22.0 Å². The predicted octanol–water partition coefficient (Wildman–Crippen LogP) is 7.47. The molecule has 0 fully saturated rings. The highest BCUT2D eigenvalue weighted by molar-refractivity contribution is 7.92. The minimum absolute atomic E-state index is 0.126. The summed E-state index contributed by atoms with van der Waals surface area (Å²) >= 11 is 1.26. The van der Waals surface area contributed by atoms with Gasteiger partial charge in [0, 0.05) is 41.3 Å². The van der Waals surface area contributed by atoms with E-state index in [1.54, 1.807) is 26.0 Å². The summed E-state index contributed by atoms with van der Waals surface area (Å²) in [5.74, 6) is -1.88. The third-order valence-electron chi connectivity index (χ3n) is 7.95. The molecule has 47 heavy (non-hydrogen) atoms. The van der Waals surface area contributed by atoms with Gasteiger partial charge in [0.05, 0.1) is 17.2 Å². The monoisotopic (exact) mass is 677 g/mol. The third kappa shape index (κ3) is 7.22. The van der Waals surface area contributed by atoms with Crippen molar-refractivity contribution >= 4 is 43.0 Å². The summed E-state index contributed by atoms with van der Waals surface area (Å²) in [4.78, 5) is 29.3. The minimum Gasteiger partial charge on any atom is -0.333 e. The van der Waals surface area contributed by atoms with Crippen LogP contribution in [-0.2, 0) is 34.3 Å². The van der Waals surface area contributed by atoms with E-state index in [1.807, 2.05) is 54.4 Å². The normalized spacial score (nSPS) is 12.0. The van der Waals surface area contributed by atoms with Gasteiger partial charge in [-0.2, -0.15) is 0 Å². The quantitative estimate of drug-likeness (QED) is 0.157. The van der Waals surface area contributed by atoms with Crippen molar-refractivity contribution in [2.45, 2.75) is 57.5 Å². The molecule has 3 aromatic carbocycles. The number of pyridine rings is 1. The summed E-state index contributed by atoms with van der Waals surface area (Å²) in [5.41, 5.74) is 2.12. The summed E-state index contributed by atoms with van der Waals surface area (Å²) in [5, 5.41) is 2.17. The number of nitrogens with zero attached hydrogens (tertiary/aromatic N) is 2. The van der Waals surface area contributed by atoms with E-state index in [0.717, 1.165) is 23.3 Å². The topological polar surface area (TPSA) is 88.5 Å². The van der Waals surface area contributed by atoms with Crippen LogP contribution in [0.3, 0.4) is 0 Å². The largest absolute Gasteiger partial charge is 0.333 e. The third-order valence-corrected chi connectivity index (χ3v) is 11.4. The van der Waals surface area contributed by atoms with E-state index in [2.05, 4.69) is 5.32 Å². The van der Waals surface area contributed by atoms with Gasteiger partial charge in [-0.3, -0.25) is 14.5 Å². The van der Waals surface area contributed by atoms with Crippen molar-refractivity contribution in [3.8, 4) is 10.4 Å². The van der Waals surface area contributed by atoms with Gasteiger partial charge in [0.15, 0.2) is 9.84 Å². The molecule has 11 heteroatoms. The molecule has 246 valence electrons. The average Bonchev–Trinajstić information content (AvgIpc) is 3.40. The van der Waals surface area contributed by atoms with Crippen molar-refractivity contribution in [3.63, 3.8) is 0 Å². The molecule has 2 aromatic heterocycles. The lowest BCUT2D eigenvalue weighted by Gasteiger charge is -2.18. The average molecular weight is 678 g/mol. The fourth-order valence-corrected chi connectivity index (χ4v) is 7.73. The van der Waals surface area contributed by atoms with E-state index in [1.165, 1.54) is 42.0 Å². The number of thiophene rings is 1. The van der Waals surface area contributed by atoms with E-state index in [0.29, 0.717) is 27.5 Å². The SMILES string of the molecule is CC(C)C(=O)Nc1ccc(-c2sc3c(c2CN(C)Cc2ccccc2)c(=O)c(S(=O)(=O)C(C)C)cn3Cc2c(F)cccc2F)cc1. The van der Waals surface area contributed by atoms with Gasteiger partial charge in [0.25, 0.3) is 0 Å². The van der Waals surface area contributed by atoms with Crippen LogP contribution in [0.15, 0.2) is 88.7 Å². The Hall–Kier alpha value is -4.19. The molecule has 1 amide bonds. The van der Waals surface area contributed by atoms with Gasteiger partial charge >= 0.3 is 0 Å². The van der Waals surface area contributed by atoms with Crippen molar-refractivity contribution in [1.29, 1.82) is 0 Å². The number of fused-ring (bicyclic) bond motifs is 1. The van der Waals surface area contributed by atoms with Gasteiger partial charge in [-0.05, 0) is 61.9 Å². The molecular weight excluding hydrogens is 641 g/mol. The number of aromatic nitrogens is 1. The number of rotatable bonds is 11. The number of nitrogens with one attached hydrogen (secondary N) is 1. The van der Waals surface area contributed by atoms with E-state index < -0.39 is 37.0 Å². The van der Waals surface area contributed by atoms with Crippen LogP contribution in [-0.4, -0.2) is 36.1 Å². The van der Waals surface area contributed by atoms with Crippen LogP contribution in [0, 0.1) is 17.6 Å². The van der Waals surface area contributed by atoms with E-state index in [9.17, 15) is 26.8 Å². The molecule has 0 saturated carbocycles. The number of carbonyl (C=O) groups is 1. The second kappa shape index (κ2) is 13.9. The first kappa shape index (κ1) is 34.2. The molecule has 0 aliphatic heterocycles. The number of sulfone groups is 1. The maximum absolute atomic E-state index is 14.9. The lowest BCUT2D eigenvalue weighted by atomic mass is 10.0. The number of benzene rings is 3. The van der Waals surface area contributed by atoms with Crippen LogP contribution in [0.2, 0.25) is 0 Å². The molecule has 0 radical (unpaired) electrons. The lowest BCUT2D eigenvalue weighted by molar-refractivity contribution is -0.118. The fourth-order valence-electron chi connectivity index (χ4n) is 5.29. The standard InChI is InChI=1S/C36H37F2N3O4S2/c1-22(2)35(43)39-26-16-14-25(15-17-26)34-28(19-40(5)18-24-10-7-6-8-11-24)32-33(42)31(47(44,45)23(3)4)21-41(36(32)46-34)20-27-29(37)12-9-13-30(27)38/h6-17,21-23H,18-20H2,1-5H3,(H,39,43). The van der Waals surface area contributed by atoms with Crippen molar-refractivity contribution in [2.75, 3.05) is 12.4 Å². The summed E-state index contributed by atoms with van der Waals surface area (Å²) < 4.78 is 58.4. The van der Waals surface area contributed by atoms with Crippen LogP contribution < -0.4 is 10.7 Å². The molecule has 0 aliphatic rings. The van der Waals surface area contributed by atoms with E-state index in [-0.39, 0.29) is 35.9 Å². The Kier molecular flexibility index (Phi) is 10.1. The van der Waals surface area contributed by atoms with Gasteiger partial charge in [-0.25, -0.2) is 17.2 Å². The number of amides is 1. The van der Waals surface area contributed by atoms with Gasteiger partial charge in [-0.15, -0.1) is 11.3 Å². The molecule has 0 bridgehead atoms. The first-order valence-corrected chi connectivity index (χ1v) is 17.6. The predicted molar refractivity (Wildman–Crippen MR) is 184 cm³/mol. The van der Waals surface area contributed by atoms with Crippen LogP contribution >= 0.6 is 11.3 Å². The van der Waals surface area contributed by atoms with Crippen molar-refractivity contribution in [1.82, 2.24) is 9.47 Å². The number of hydrogen-bond acceptors (Lipinski definition) is 6. The van der Waals surface area contributed by atoms with Gasteiger partial charge in [-0.1, -0.05) is 62.4 Å². The highest BCUT2D eigenvalue weighted by atomic mass is 32.2. The maximum atomic E-state index is 14.9. The van der Waals surface area contributed by atoms with Gasteiger partial charge in [0.2, 0.25) is 11.3 Å². The summed E-state index contributed by atoms with van der Waals surface area (Å²) in [6, 6.07) is 20.6. The molecule has 0 saturated heterocycles. The first-order valence-electron chi connectivity index (χ1n) is 15.3. The zero-order chi connectivity index (χ0) is 34.0.